The number of nitrogens with one attached hydrogen (secondary N) is 1. The number of hydrogen-bond donors (Lipinski definition) is 1. The minimum absolute atomic E-state index is 0.231. The van der Waals surface area contributed by atoms with E-state index in [0.29, 0.717) is 12.6 Å². The van der Waals surface area contributed by atoms with E-state index in [4.69, 9.17) is 0 Å². The number of piperazine rings is 1. The number of carbonyl (C=O) groups excluding carboxylic acids is 1. The zero-order valence-electron chi connectivity index (χ0n) is 13.9. The van der Waals surface area contributed by atoms with Crippen LogP contribution < -0.4 is 5.32 Å². The molecule has 1 saturated carbocycles. The van der Waals surface area contributed by atoms with E-state index in [-0.39, 0.29) is 5.91 Å². The Morgan fingerprint density at radius 2 is 2.30 bits per heavy atom. The van der Waals surface area contributed by atoms with Crippen molar-refractivity contribution in [2.45, 2.75) is 38.6 Å². The van der Waals surface area contributed by atoms with Crippen LogP contribution in [0.2, 0.25) is 0 Å². The molecule has 1 amide bonds. The highest BCUT2D eigenvalue weighted by Gasteiger charge is 2.36. The van der Waals surface area contributed by atoms with Gasteiger partial charge in [0, 0.05) is 50.2 Å². The highest BCUT2D eigenvalue weighted by molar-refractivity contribution is 7.11. The van der Waals surface area contributed by atoms with Gasteiger partial charge in [-0.25, -0.2) is 4.98 Å². The molecule has 1 N–H and O–H groups in total. The van der Waals surface area contributed by atoms with Crippen molar-refractivity contribution in [3.63, 3.8) is 0 Å². The quantitative estimate of drug-likeness (QED) is 0.647. The number of aromatic nitrogens is 1. The number of aryl methyl sites for hydroxylation is 1. The van der Waals surface area contributed by atoms with Crippen molar-refractivity contribution >= 4 is 23.2 Å². The van der Waals surface area contributed by atoms with Gasteiger partial charge in [0.15, 0.2) is 5.96 Å². The van der Waals surface area contributed by atoms with E-state index in [1.807, 2.05) is 11.1 Å². The summed E-state index contributed by atoms with van der Waals surface area (Å²) < 4.78 is 0. The molecule has 2 heterocycles. The summed E-state index contributed by atoms with van der Waals surface area (Å²) in [6.45, 7) is 5.05. The standard InChI is InChI=1S/C16H25N5OS/c1-3-13-10-19-14(23-13)6-7-18-16(17-2)20-8-9-21(12-4-5-12)15(22)11-20/h10,12H,3-9,11H2,1-2H3,(H,17,18). The maximum absolute atomic E-state index is 12.2. The average Bonchev–Trinajstić information content (AvgIpc) is 3.30. The van der Waals surface area contributed by atoms with Gasteiger partial charge in [0.05, 0.1) is 11.6 Å². The maximum atomic E-state index is 12.2. The summed E-state index contributed by atoms with van der Waals surface area (Å²) >= 11 is 1.77. The first-order chi connectivity index (χ1) is 11.2. The van der Waals surface area contributed by atoms with Crippen LogP contribution in [-0.2, 0) is 17.6 Å². The number of nitrogens with zero attached hydrogens (tertiary/aromatic N) is 4. The Balaban J connectivity index is 1.47. The zero-order chi connectivity index (χ0) is 16.2. The molecule has 1 aliphatic heterocycles. The molecule has 1 saturated heterocycles. The molecule has 0 bridgehead atoms. The van der Waals surface area contributed by atoms with E-state index in [1.54, 1.807) is 18.4 Å². The summed E-state index contributed by atoms with van der Waals surface area (Å²) in [7, 11) is 1.78. The van der Waals surface area contributed by atoms with Crippen LogP contribution in [0.15, 0.2) is 11.2 Å². The number of hydrogen-bond acceptors (Lipinski definition) is 4. The Kier molecular flexibility index (Phi) is 5.15. The zero-order valence-corrected chi connectivity index (χ0v) is 14.7. The predicted molar refractivity (Wildman–Crippen MR) is 92.9 cm³/mol. The van der Waals surface area contributed by atoms with Gasteiger partial charge >= 0.3 is 0 Å². The topological polar surface area (TPSA) is 60.8 Å². The molecule has 3 rings (SSSR count). The Morgan fingerprint density at radius 3 is 2.91 bits per heavy atom. The van der Waals surface area contributed by atoms with Gasteiger partial charge in [-0.15, -0.1) is 11.3 Å². The third-order valence-corrected chi connectivity index (χ3v) is 5.53. The molecule has 1 aromatic heterocycles. The van der Waals surface area contributed by atoms with Crippen LogP contribution in [0.5, 0.6) is 0 Å². The Hall–Kier alpha value is -1.63. The number of guanidine groups is 1. The Labute approximate surface area is 141 Å². The molecular weight excluding hydrogens is 310 g/mol. The SMILES string of the molecule is CCc1cnc(CCNC(=NC)N2CCN(C3CC3)C(=O)C2)s1. The highest BCUT2D eigenvalue weighted by atomic mass is 32.1. The van der Waals surface area contributed by atoms with Crippen LogP contribution in [0, 0.1) is 0 Å². The lowest BCUT2D eigenvalue weighted by molar-refractivity contribution is -0.135. The van der Waals surface area contributed by atoms with Crippen LogP contribution in [0.4, 0.5) is 0 Å². The first-order valence-electron chi connectivity index (χ1n) is 8.40. The fourth-order valence-corrected chi connectivity index (χ4v) is 3.74. The lowest BCUT2D eigenvalue weighted by Crippen LogP contribution is -2.55. The van der Waals surface area contributed by atoms with E-state index in [0.717, 1.165) is 43.4 Å². The minimum atomic E-state index is 0.231. The molecule has 1 aromatic rings. The summed E-state index contributed by atoms with van der Waals surface area (Å²) in [6, 6.07) is 0.511. The van der Waals surface area contributed by atoms with E-state index >= 15 is 0 Å². The van der Waals surface area contributed by atoms with Gasteiger partial charge in [-0.05, 0) is 19.3 Å². The van der Waals surface area contributed by atoms with Crippen molar-refractivity contribution in [1.29, 1.82) is 0 Å². The fraction of sp³-hybridized carbons (Fsp3) is 0.688. The second-order valence-electron chi connectivity index (χ2n) is 6.04. The van der Waals surface area contributed by atoms with Crippen molar-refractivity contribution in [3.8, 4) is 0 Å². The number of amides is 1. The third-order valence-electron chi connectivity index (χ3n) is 4.33. The second-order valence-corrected chi connectivity index (χ2v) is 7.24. The van der Waals surface area contributed by atoms with E-state index in [2.05, 4.69) is 27.1 Å². The van der Waals surface area contributed by atoms with Crippen LogP contribution in [0.3, 0.4) is 0 Å². The van der Waals surface area contributed by atoms with Gasteiger partial charge < -0.3 is 15.1 Å². The lowest BCUT2D eigenvalue weighted by Gasteiger charge is -2.36. The maximum Gasteiger partial charge on any atom is 0.242 e. The monoisotopic (exact) mass is 335 g/mol. The van der Waals surface area contributed by atoms with Crippen molar-refractivity contribution in [1.82, 2.24) is 20.1 Å². The average molecular weight is 335 g/mol. The Bertz CT molecular complexity index is 581. The number of carbonyl (C=O) groups is 1. The van der Waals surface area contributed by atoms with Crippen LogP contribution in [0.25, 0.3) is 0 Å². The predicted octanol–water partition coefficient (Wildman–Crippen LogP) is 1.13. The molecule has 0 radical (unpaired) electrons. The van der Waals surface area contributed by atoms with Crippen molar-refractivity contribution in [2.75, 3.05) is 33.2 Å². The fourth-order valence-electron chi connectivity index (χ4n) is 2.88. The summed E-state index contributed by atoms with van der Waals surface area (Å²) in [4.78, 5) is 26.4. The first-order valence-corrected chi connectivity index (χ1v) is 9.21. The van der Waals surface area contributed by atoms with Crippen molar-refractivity contribution in [3.05, 3.63) is 16.1 Å². The molecule has 0 unspecified atom stereocenters. The normalized spacial score (nSPS) is 19.4. The van der Waals surface area contributed by atoms with Gasteiger partial charge in [-0.3, -0.25) is 9.79 Å². The molecule has 2 aliphatic rings. The van der Waals surface area contributed by atoms with Crippen LogP contribution >= 0.6 is 11.3 Å². The number of thiazole rings is 1. The van der Waals surface area contributed by atoms with Crippen molar-refractivity contribution < 1.29 is 4.79 Å². The van der Waals surface area contributed by atoms with Crippen molar-refractivity contribution in [2.24, 2.45) is 4.99 Å². The second kappa shape index (κ2) is 7.29. The molecule has 1 aliphatic carbocycles. The van der Waals surface area contributed by atoms with Gasteiger partial charge in [-0.2, -0.15) is 0 Å². The molecule has 7 heteroatoms. The highest BCUT2D eigenvalue weighted by Crippen LogP contribution is 2.28. The third kappa shape index (κ3) is 4.02. The molecule has 126 valence electrons. The van der Waals surface area contributed by atoms with Gasteiger partial charge in [-0.1, -0.05) is 6.92 Å². The first kappa shape index (κ1) is 16.2. The number of aliphatic imine (C=N–C) groups is 1. The minimum Gasteiger partial charge on any atom is -0.356 e. The van der Waals surface area contributed by atoms with Gasteiger partial charge in [0.2, 0.25) is 5.91 Å². The smallest absolute Gasteiger partial charge is 0.242 e. The van der Waals surface area contributed by atoms with Crippen LogP contribution in [-0.4, -0.2) is 65.9 Å². The molecule has 0 atom stereocenters. The van der Waals surface area contributed by atoms with E-state index in [9.17, 15) is 4.79 Å². The summed E-state index contributed by atoms with van der Waals surface area (Å²) in [5.74, 6) is 1.05. The summed E-state index contributed by atoms with van der Waals surface area (Å²) in [5, 5.41) is 4.52. The van der Waals surface area contributed by atoms with E-state index in [1.165, 1.54) is 17.7 Å². The Morgan fingerprint density at radius 1 is 1.48 bits per heavy atom. The molecule has 0 aromatic carbocycles. The molecule has 6 nitrogen and oxygen atoms in total. The van der Waals surface area contributed by atoms with Gasteiger partial charge in [0.25, 0.3) is 0 Å². The van der Waals surface area contributed by atoms with E-state index < -0.39 is 0 Å². The van der Waals surface area contributed by atoms with Gasteiger partial charge in [0.1, 0.15) is 0 Å². The lowest BCUT2D eigenvalue weighted by atomic mass is 10.3. The molecule has 2 fully saturated rings. The van der Waals surface area contributed by atoms with Crippen LogP contribution in [0.1, 0.15) is 29.7 Å². The number of rotatable bonds is 5. The summed E-state index contributed by atoms with van der Waals surface area (Å²) in [6.07, 6.45) is 6.24. The molecular formula is C16H25N5OS. The largest absolute Gasteiger partial charge is 0.356 e. The molecule has 0 spiro atoms. The molecule has 23 heavy (non-hydrogen) atoms. The summed E-state index contributed by atoms with van der Waals surface area (Å²) in [5.41, 5.74) is 0.